The first kappa shape index (κ1) is 18.6. The molecule has 0 spiro atoms. The van der Waals surface area contributed by atoms with Crippen molar-refractivity contribution in [2.45, 2.75) is 24.0 Å². The monoisotopic (exact) mass is 337 g/mol. The average molecular weight is 337 g/mol. The van der Waals surface area contributed by atoms with Gasteiger partial charge in [0.25, 0.3) is 0 Å². The number of ether oxygens (including phenoxy) is 5. The van der Waals surface area contributed by atoms with Crippen molar-refractivity contribution in [3.63, 3.8) is 0 Å². The Labute approximate surface area is 143 Å². The molecule has 0 aromatic heterocycles. The highest BCUT2D eigenvalue weighted by Gasteiger charge is 2.52. The molecule has 0 bridgehead atoms. The van der Waals surface area contributed by atoms with Gasteiger partial charge >= 0.3 is 0 Å². The zero-order chi connectivity index (χ0) is 17.5. The van der Waals surface area contributed by atoms with Crippen LogP contribution in [-0.4, -0.2) is 50.8 Å². The van der Waals surface area contributed by atoms with Gasteiger partial charge in [0.05, 0.1) is 39.6 Å². The van der Waals surface area contributed by atoms with Crippen LogP contribution in [0.4, 0.5) is 0 Å². The molecule has 2 saturated heterocycles. The molecule has 2 atom stereocenters. The molecule has 0 radical (unpaired) electrons. The van der Waals surface area contributed by atoms with Crippen molar-refractivity contribution in [2.75, 3.05) is 39.6 Å². The van der Waals surface area contributed by atoms with E-state index in [2.05, 4.69) is 19.7 Å². The third kappa shape index (κ3) is 3.83. The molecule has 0 aromatic rings. The standard InChI is InChI=1S/C18H27NO5/c1-4-8-20-13-17(6-10-22-15(17)3)24-18(14-21-9-5-2)7-11-23-16(18)12-19/h4-5,12H,1-3,6-11,13-14,19H2. The van der Waals surface area contributed by atoms with Gasteiger partial charge in [0, 0.05) is 19.0 Å². The van der Waals surface area contributed by atoms with E-state index in [1.165, 1.54) is 6.20 Å². The Bertz CT molecular complexity index is 504. The topological polar surface area (TPSA) is 72.2 Å². The van der Waals surface area contributed by atoms with Gasteiger partial charge in [-0.2, -0.15) is 0 Å². The molecule has 2 aliphatic heterocycles. The Morgan fingerprint density at radius 1 is 1.00 bits per heavy atom. The fraction of sp³-hybridized carbons (Fsp3) is 0.556. The molecule has 24 heavy (non-hydrogen) atoms. The maximum Gasteiger partial charge on any atom is 0.154 e. The predicted molar refractivity (Wildman–Crippen MR) is 91.1 cm³/mol. The lowest BCUT2D eigenvalue weighted by Gasteiger charge is -2.38. The molecule has 6 nitrogen and oxygen atoms in total. The van der Waals surface area contributed by atoms with Gasteiger partial charge < -0.3 is 29.4 Å². The number of hydrogen-bond acceptors (Lipinski definition) is 6. The van der Waals surface area contributed by atoms with E-state index in [0.717, 1.165) is 0 Å². The minimum atomic E-state index is -0.786. The van der Waals surface area contributed by atoms with Crippen LogP contribution in [0, 0.1) is 0 Å². The van der Waals surface area contributed by atoms with Crippen LogP contribution in [0.15, 0.2) is 49.6 Å². The van der Waals surface area contributed by atoms with Gasteiger partial charge in [-0.15, -0.1) is 13.2 Å². The van der Waals surface area contributed by atoms with E-state index in [1.54, 1.807) is 12.2 Å². The van der Waals surface area contributed by atoms with Gasteiger partial charge in [-0.1, -0.05) is 18.7 Å². The second-order valence-corrected chi connectivity index (χ2v) is 5.85. The summed E-state index contributed by atoms with van der Waals surface area (Å²) in [5.41, 5.74) is 4.20. The number of nitrogens with two attached hydrogens (primary N) is 1. The summed E-state index contributed by atoms with van der Waals surface area (Å²) in [6.07, 6.45) is 6.09. The highest BCUT2D eigenvalue weighted by molar-refractivity contribution is 5.19. The maximum absolute atomic E-state index is 6.54. The largest absolute Gasteiger partial charge is 0.495 e. The first-order chi connectivity index (χ1) is 11.6. The normalized spacial score (nSPS) is 31.0. The Hall–Kier alpha value is -1.76. The van der Waals surface area contributed by atoms with E-state index >= 15 is 0 Å². The lowest BCUT2D eigenvalue weighted by molar-refractivity contribution is -0.168. The third-order valence-electron chi connectivity index (χ3n) is 4.19. The molecule has 0 aliphatic carbocycles. The molecule has 0 aromatic carbocycles. The van der Waals surface area contributed by atoms with Gasteiger partial charge in [-0.3, -0.25) is 0 Å². The van der Waals surface area contributed by atoms with Gasteiger partial charge in [-0.05, 0) is 0 Å². The molecule has 2 fully saturated rings. The lowest BCUT2D eigenvalue weighted by Crippen LogP contribution is -2.49. The van der Waals surface area contributed by atoms with Crippen molar-refractivity contribution < 1.29 is 23.7 Å². The van der Waals surface area contributed by atoms with E-state index in [-0.39, 0.29) is 0 Å². The van der Waals surface area contributed by atoms with Crippen molar-refractivity contribution in [1.82, 2.24) is 0 Å². The first-order valence-corrected chi connectivity index (χ1v) is 8.07. The molecule has 0 saturated carbocycles. The van der Waals surface area contributed by atoms with Gasteiger partial charge in [0.1, 0.15) is 11.5 Å². The number of hydrogen-bond donors (Lipinski definition) is 1. The van der Waals surface area contributed by atoms with Crippen LogP contribution in [0.25, 0.3) is 0 Å². The summed E-state index contributed by atoms with van der Waals surface area (Å²) < 4.78 is 29.1. The average Bonchev–Trinajstić information content (AvgIpc) is 3.13. The highest BCUT2D eigenvalue weighted by atomic mass is 16.6. The van der Waals surface area contributed by atoms with E-state index in [1.807, 2.05) is 0 Å². The minimum Gasteiger partial charge on any atom is -0.495 e. The minimum absolute atomic E-state index is 0.304. The molecular formula is C18H27NO5. The summed E-state index contributed by atoms with van der Waals surface area (Å²) in [5, 5.41) is 0. The lowest BCUT2D eigenvalue weighted by atomic mass is 9.95. The highest BCUT2D eigenvalue weighted by Crippen LogP contribution is 2.43. The van der Waals surface area contributed by atoms with Crippen molar-refractivity contribution >= 4 is 0 Å². The van der Waals surface area contributed by atoms with Crippen molar-refractivity contribution in [3.05, 3.63) is 49.6 Å². The van der Waals surface area contributed by atoms with Crippen LogP contribution in [0.5, 0.6) is 0 Å². The van der Waals surface area contributed by atoms with Crippen LogP contribution in [-0.2, 0) is 23.7 Å². The van der Waals surface area contributed by atoms with Crippen LogP contribution in [0.3, 0.4) is 0 Å². The quantitative estimate of drug-likeness (QED) is 0.486. The van der Waals surface area contributed by atoms with Crippen molar-refractivity contribution in [2.24, 2.45) is 5.73 Å². The summed E-state index contributed by atoms with van der Waals surface area (Å²) in [6, 6.07) is 0. The summed E-state index contributed by atoms with van der Waals surface area (Å²) in [7, 11) is 0. The Morgan fingerprint density at radius 2 is 1.58 bits per heavy atom. The smallest absolute Gasteiger partial charge is 0.154 e. The van der Waals surface area contributed by atoms with Crippen LogP contribution >= 0.6 is 0 Å². The summed E-state index contributed by atoms with van der Waals surface area (Å²) >= 11 is 0. The Balaban J connectivity index is 2.22. The molecule has 2 rings (SSSR count). The Kier molecular flexibility index (Phi) is 6.48. The molecule has 2 unspecified atom stereocenters. The van der Waals surface area contributed by atoms with E-state index < -0.39 is 11.2 Å². The SMILES string of the molecule is C=CCOCC1(OC2(COCC=C)CCOC2=CN)CCOC1=C. The van der Waals surface area contributed by atoms with E-state index in [9.17, 15) is 0 Å². The maximum atomic E-state index is 6.54. The zero-order valence-electron chi connectivity index (χ0n) is 14.1. The first-order valence-electron chi connectivity index (χ1n) is 8.07. The van der Waals surface area contributed by atoms with Crippen LogP contribution in [0.2, 0.25) is 0 Å². The molecule has 2 N–H and O–H groups in total. The summed E-state index contributed by atoms with van der Waals surface area (Å²) in [6.45, 7) is 13.8. The fourth-order valence-electron chi connectivity index (χ4n) is 2.94. The number of rotatable bonds is 10. The van der Waals surface area contributed by atoms with Crippen molar-refractivity contribution in [3.8, 4) is 0 Å². The molecule has 134 valence electrons. The molecular weight excluding hydrogens is 310 g/mol. The van der Waals surface area contributed by atoms with Crippen LogP contribution in [0.1, 0.15) is 12.8 Å². The Morgan fingerprint density at radius 3 is 2.12 bits per heavy atom. The van der Waals surface area contributed by atoms with E-state index in [0.29, 0.717) is 64.0 Å². The fourth-order valence-corrected chi connectivity index (χ4v) is 2.94. The molecule has 2 aliphatic rings. The third-order valence-corrected chi connectivity index (χ3v) is 4.19. The molecule has 0 amide bonds. The molecule has 6 heteroatoms. The van der Waals surface area contributed by atoms with E-state index in [4.69, 9.17) is 29.4 Å². The zero-order valence-corrected chi connectivity index (χ0v) is 14.1. The van der Waals surface area contributed by atoms with Crippen molar-refractivity contribution in [1.29, 1.82) is 0 Å². The van der Waals surface area contributed by atoms with Gasteiger partial charge in [0.15, 0.2) is 11.2 Å². The second-order valence-electron chi connectivity index (χ2n) is 5.85. The summed E-state index contributed by atoms with van der Waals surface area (Å²) in [4.78, 5) is 0. The summed E-state index contributed by atoms with van der Waals surface area (Å²) in [5.74, 6) is 1.12. The second kappa shape index (κ2) is 8.37. The van der Waals surface area contributed by atoms with Crippen LogP contribution < -0.4 is 5.73 Å². The van der Waals surface area contributed by atoms with Gasteiger partial charge in [0.2, 0.25) is 0 Å². The predicted octanol–water partition coefficient (Wildman–Crippen LogP) is 2.04. The molecule has 2 heterocycles. The van der Waals surface area contributed by atoms with Gasteiger partial charge in [-0.25, -0.2) is 0 Å².